The molecule has 0 bridgehead atoms. The summed E-state index contributed by atoms with van der Waals surface area (Å²) in [6.07, 6.45) is 9.24. The first-order chi connectivity index (χ1) is 18.6. The average Bonchev–Trinajstić information content (AvgIpc) is 3.08. The van der Waals surface area contributed by atoms with Crippen LogP contribution < -0.4 is 10.5 Å². The molecule has 39 heavy (non-hydrogen) atoms. The van der Waals surface area contributed by atoms with E-state index in [1.54, 1.807) is 12.4 Å². The number of benzene rings is 1. The first kappa shape index (κ1) is 36.5. The first-order valence-electron chi connectivity index (χ1n) is 14.5. The predicted octanol–water partition coefficient (Wildman–Crippen LogP) is 9.50. The molecule has 2 aromatic rings. The SMILES string of the molecule is CC.CC.CCCCCCC(C)CC.COc1cc(C(F)(F)F)ccc1C1c2ccncc2C(N)=CCN1C. The van der Waals surface area contributed by atoms with E-state index in [-0.39, 0.29) is 11.8 Å². The van der Waals surface area contributed by atoms with E-state index in [1.807, 2.05) is 51.8 Å². The van der Waals surface area contributed by atoms with Crippen molar-refractivity contribution in [3.63, 3.8) is 0 Å². The van der Waals surface area contributed by atoms with Crippen LogP contribution in [0.25, 0.3) is 5.70 Å². The lowest BCUT2D eigenvalue weighted by Crippen LogP contribution is -2.26. The number of nitrogens with zero attached hydrogens (tertiary/aromatic N) is 2. The third-order valence-electron chi connectivity index (χ3n) is 6.60. The molecule has 2 N–H and O–H groups in total. The van der Waals surface area contributed by atoms with Gasteiger partial charge in [-0.1, -0.05) is 93.1 Å². The van der Waals surface area contributed by atoms with Crippen LogP contribution in [0.1, 0.15) is 115 Å². The molecule has 4 nitrogen and oxygen atoms in total. The highest BCUT2D eigenvalue weighted by Gasteiger charge is 2.33. The number of aromatic nitrogens is 1. The van der Waals surface area contributed by atoms with Crippen molar-refractivity contribution in [2.75, 3.05) is 20.7 Å². The molecule has 2 atom stereocenters. The van der Waals surface area contributed by atoms with Crippen molar-refractivity contribution in [2.45, 2.75) is 99.2 Å². The Morgan fingerprint density at radius 2 is 1.72 bits per heavy atom. The Bertz CT molecular complexity index is 960. The van der Waals surface area contributed by atoms with E-state index in [0.29, 0.717) is 17.8 Å². The Morgan fingerprint density at radius 1 is 1.05 bits per heavy atom. The van der Waals surface area contributed by atoms with E-state index in [0.717, 1.165) is 29.2 Å². The van der Waals surface area contributed by atoms with Gasteiger partial charge in [0.2, 0.25) is 0 Å². The van der Waals surface area contributed by atoms with Gasteiger partial charge >= 0.3 is 6.18 Å². The predicted molar refractivity (Wildman–Crippen MR) is 160 cm³/mol. The van der Waals surface area contributed by atoms with Crippen LogP contribution in [0.3, 0.4) is 0 Å². The van der Waals surface area contributed by atoms with E-state index >= 15 is 0 Å². The molecule has 1 aromatic heterocycles. The lowest BCUT2D eigenvalue weighted by molar-refractivity contribution is -0.137. The smallest absolute Gasteiger partial charge is 0.416 e. The third-order valence-corrected chi connectivity index (χ3v) is 6.60. The standard InChI is InChI=1S/C18H18F3N3O.C10H22.2C2H6/c1-24-8-6-15(22)14-10-23-7-5-12(14)17(24)13-4-3-11(18(19,20)21)9-16(13)25-2;1-4-6-7-8-9-10(3)5-2;2*1-2/h3-7,9-10,17H,8,22H2,1-2H3;10H,4-9H2,1-3H3;2*1-2H3. The monoisotopic (exact) mass is 551 g/mol. The number of nitrogens with two attached hydrogens (primary N) is 1. The lowest BCUT2D eigenvalue weighted by Gasteiger charge is -2.29. The van der Waals surface area contributed by atoms with Crippen LogP contribution in [0.2, 0.25) is 0 Å². The Kier molecular flexibility index (Phi) is 18.2. The van der Waals surface area contributed by atoms with Crippen molar-refractivity contribution < 1.29 is 17.9 Å². The van der Waals surface area contributed by atoms with Crippen LogP contribution in [0.4, 0.5) is 13.2 Å². The van der Waals surface area contributed by atoms with Gasteiger partial charge in [-0.25, -0.2) is 0 Å². The molecular weight excluding hydrogens is 499 g/mol. The third kappa shape index (κ3) is 11.6. The topological polar surface area (TPSA) is 51.4 Å². The molecule has 0 saturated heterocycles. The zero-order valence-corrected chi connectivity index (χ0v) is 25.7. The van der Waals surface area contributed by atoms with Gasteiger partial charge in [-0.2, -0.15) is 13.2 Å². The number of hydrogen-bond donors (Lipinski definition) is 1. The van der Waals surface area contributed by atoms with Crippen LogP contribution in [-0.2, 0) is 6.18 Å². The molecule has 7 heteroatoms. The number of fused-ring (bicyclic) bond motifs is 1. The Balaban J connectivity index is 0.000000871. The maximum Gasteiger partial charge on any atom is 0.416 e. The highest BCUT2D eigenvalue weighted by molar-refractivity contribution is 5.67. The Morgan fingerprint density at radius 3 is 2.28 bits per heavy atom. The van der Waals surface area contributed by atoms with Gasteiger partial charge < -0.3 is 10.5 Å². The lowest BCUT2D eigenvalue weighted by atomic mass is 9.93. The molecule has 1 aromatic carbocycles. The fourth-order valence-electron chi connectivity index (χ4n) is 4.22. The number of likely N-dealkylation sites (N-methyl/N-ethyl adjacent to an activating group) is 1. The summed E-state index contributed by atoms with van der Waals surface area (Å²) in [4.78, 5) is 6.12. The van der Waals surface area contributed by atoms with E-state index in [9.17, 15) is 13.2 Å². The molecular formula is C32H52F3N3O. The zero-order valence-electron chi connectivity index (χ0n) is 25.7. The van der Waals surface area contributed by atoms with Crippen molar-refractivity contribution in [1.29, 1.82) is 0 Å². The van der Waals surface area contributed by atoms with Crippen LogP contribution in [0.5, 0.6) is 5.75 Å². The second kappa shape index (κ2) is 19.5. The van der Waals surface area contributed by atoms with Crippen LogP contribution in [0.15, 0.2) is 42.7 Å². The number of halogens is 3. The van der Waals surface area contributed by atoms with E-state index in [4.69, 9.17) is 10.5 Å². The summed E-state index contributed by atoms with van der Waals surface area (Å²) in [7, 11) is 3.26. The highest BCUT2D eigenvalue weighted by atomic mass is 19.4. The quantitative estimate of drug-likeness (QED) is 0.332. The minimum absolute atomic E-state index is 0.190. The molecule has 0 amide bonds. The van der Waals surface area contributed by atoms with Crippen molar-refractivity contribution in [1.82, 2.24) is 9.88 Å². The number of ether oxygens (including phenoxy) is 1. The van der Waals surface area contributed by atoms with Gasteiger partial charge in [-0.3, -0.25) is 9.88 Å². The van der Waals surface area contributed by atoms with Crippen molar-refractivity contribution >= 4 is 5.70 Å². The van der Waals surface area contributed by atoms with Gasteiger partial charge in [0.15, 0.2) is 0 Å². The maximum atomic E-state index is 13.0. The highest BCUT2D eigenvalue weighted by Crippen LogP contribution is 2.40. The van der Waals surface area contributed by atoms with Gasteiger partial charge in [0.05, 0.1) is 18.7 Å². The van der Waals surface area contributed by atoms with Gasteiger partial charge in [0.1, 0.15) is 5.75 Å². The summed E-state index contributed by atoms with van der Waals surface area (Å²) in [6.45, 7) is 15.5. The molecule has 0 fully saturated rings. The van der Waals surface area contributed by atoms with E-state index in [2.05, 4.69) is 25.8 Å². The molecule has 222 valence electrons. The van der Waals surface area contributed by atoms with Crippen LogP contribution >= 0.6 is 0 Å². The van der Waals surface area contributed by atoms with Gasteiger partial charge in [-0.05, 0) is 42.8 Å². The fraction of sp³-hybridized carbons (Fsp3) is 0.594. The molecule has 2 heterocycles. The molecule has 0 aliphatic carbocycles. The fourth-order valence-corrected chi connectivity index (χ4v) is 4.22. The first-order valence-corrected chi connectivity index (χ1v) is 14.5. The summed E-state index contributed by atoms with van der Waals surface area (Å²) in [5.41, 5.74) is 8.28. The molecule has 3 rings (SSSR count). The Hall–Kier alpha value is -2.54. The molecule has 0 spiro atoms. The number of methoxy groups -OCH3 is 1. The average molecular weight is 552 g/mol. The summed E-state index contributed by atoms with van der Waals surface area (Å²) < 4.78 is 44.3. The molecule has 2 unspecified atom stereocenters. The summed E-state index contributed by atoms with van der Waals surface area (Å²) >= 11 is 0. The number of rotatable bonds is 8. The molecule has 1 aliphatic rings. The Labute approximate surface area is 235 Å². The number of alkyl halides is 3. The summed E-state index contributed by atoms with van der Waals surface area (Å²) in [6, 6.07) is 5.11. The van der Waals surface area contributed by atoms with Crippen LogP contribution in [-0.4, -0.2) is 30.6 Å². The van der Waals surface area contributed by atoms with Crippen molar-refractivity contribution in [3.8, 4) is 5.75 Å². The number of unbranched alkanes of at least 4 members (excludes halogenated alkanes) is 3. The minimum Gasteiger partial charge on any atom is -0.496 e. The number of pyridine rings is 1. The van der Waals surface area contributed by atoms with Gasteiger partial charge in [0, 0.05) is 35.8 Å². The second-order valence-electron chi connectivity index (χ2n) is 9.28. The number of hydrogen-bond acceptors (Lipinski definition) is 4. The maximum absolute atomic E-state index is 13.0. The van der Waals surface area contributed by atoms with Gasteiger partial charge in [-0.15, -0.1) is 0 Å². The normalized spacial score (nSPS) is 15.5. The largest absolute Gasteiger partial charge is 0.496 e. The van der Waals surface area contributed by atoms with Gasteiger partial charge in [0.25, 0.3) is 0 Å². The summed E-state index contributed by atoms with van der Waals surface area (Å²) in [5, 5.41) is 0. The zero-order chi connectivity index (χ0) is 30.0. The van der Waals surface area contributed by atoms with E-state index < -0.39 is 11.7 Å². The summed E-state index contributed by atoms with van der Waals surface area (Å²) in [5.74, 6) is 1.15. The molecule has 0 saturated carbocycles. The van der Waals surface area contributed by atoms with Crippen molar-refractivity contribution in [3.05, 3.63) is 65.0 Å². The molecule has 1 aliphatic heterocycles. The minimum atomic E-state index is -4.42. The van der Waals surface area contributed by atoms with Crippen molar-refractivity contribution in [2.24, 2.45) is 11.7 Å². The molecule has 0 radical (unpaired) electrons. The van der Waals surface area contributed by atoms with E-state index in [1.165, 1.54) is 51.7 Å². The second-order valence-corrected chi connectivity index (χ2v) is 9.28. The van der Waals surface area contributed by atoms with Crippen LogP contribution in [0, 0.1) is 5.92 Å².